The zero-order valence-corrected chi connectivity index (χ0v) is 7.28. The van der Waals surface area contributed by atoms with Gasteiger partial charge in [0.05, 0.1) is 5.97 Å². The van der Waals surface area contributed by atoms with Crippen molar-refractivity contribution in [2.75, 3.05) is 0 Å². The van der Waals surface area contributed by atoms with Crippen molar-refractivity contribution in [2.45, 2.75) is 6.17 Å². The third-order valence-electron chi connectivity index (χ3n) is 1.18. The van der Waals surface area contributed by atoms with Gasteiger partial charge in [0.1, 0.15) is 6.17 Å². The first-order valence-electron chi connectivity index (χ1n) is 3.58. The maximum absolute atomic E-state index is 10.7. The Kier molecular flexibility index (Phi) is 4.69. The number of nitrogens with one attached hydrogen (secondary N) is 2. The molecule has 2 N–H and O–H groups in total. The molecule has 76 valence electrons. The van der Waals surface area contributed by atoms with Crippen molar-refractivity contribution in [1.29, 1.82) is 0 Å². The van der Waals surface area contributed by atoms with Crippen LogP contribution in [0.15, 0.2) is 25.3 Å². The number of hydrogen-bond acceptors (Lipinski definition) is 4. The summed E-state index contributed by atoms with van der Waals surface area (Å²) < 4.78 is 0. The zero-order chi connectivity index (χ0) is 11.1. The smallest absolute Gasteiger partial charge is 0.245 e. The van der Waals surface area contributed by atoms with E-state index in [9.17, 15) is 19.5 Å². The van der Waals surface area contributed by atoms with Crippen LogP contribution in [0.2, 0.25) is 0 Å². The number of amides is 2. The van der Waals surface area contributed by atoms with Gasteiger partial charge in [-0.25, -0.2) is 0 Å². The van der Waals surface area contributed by atoms with E-state index in [4.69, 9.17) is 0 Å². The van der Waals surface area contributed by atoms with Crippen LogP contribution >= 0.6 is 0 Å². The molecule has 0 fully saturated rings. The fourth-order valence-corrected chi connectivity index (χ4v) is 0.556. The second kappa shape index (κ2) is 5.52. The van der Waals surface area contributed by atoms with Crippen LogP contribution in [0.1, 0.15) is 0 Å². The predicted molar refractivity (Wildman–Crippen MR) is 45.5 cm³/mol. The Balaban J connectivity index is 4.37. The molecule has 0 bridgehead atoms. The molecule has 6 nitrogen and oxygen atoms in total. The second-order valence-electron chi connectivity index (χ2n) is 2.18. The van der Waals surface area contributed by atoms with Crippen LogP contribution in [0.4, 0.5) is 0 Å². The average Bonchev–Trinajstić information content (AvgIpc) is 2.16. The quantitative estimate of drug-likeness (QED) is 0.381. The molecule has 0 aromatic rings. The van der Waals surface area contributed by atoms with Crippen LogP contribution in [0.5, 0.6) is 0 Å². The lowest BCUT2D eigenvalue weighted by Crippen LogP contribution is -2.57. The van der Waals surface area contributed by atoms with Crippen molar-refractivity contribution in [3.05, 3.63) is 25.3 Å². The number of carboxylic acid groups (broad SMARTS) is 1. The highest BCUT2D eigenvalue weighted by atomic mass is 16.4. The molecule has 0 aliphatic heterocycles. The van der Waals surface area contributed by atoms with Gasteiger partial charge in [-0.1, -0.05) is 13.2 Å². The molecule has 0 aromatic carbocycles. The van der Waals surface area contributed by atoms with E-state index in [0.717, 1.165) is 12.2 Å². The molecule has 6 heteroatoms. The Hall–Kier alpha value is -2.11. The minimum atomic E-state index is -1.63. The summed E-state index contributed by atoms with van der Waals surface area (Å²) in [6.45, 7) is 6.23. The maximum atomic E-state index is 10.7. The van der Waals surface area contributed by atoms with E-state index in [0.29, 0.717) is 0 Å². The summed E-state index contributed by atoms with van der Waals surface area (Å²) in [7, 11) is 0. The van der Waals surface area contributed by atoms with Crippen molar-refractivity contribution in [3.63, 3.8) is 0 Å². The molecule has 2 amide bonds. The van der Waals surface area contributed by atoms with E-state index >= 15 is 0 Å². The van der Waals surface area contributed by atoms with Gasteiger partial charge in [-0.15, -0.1) is 0 Å². The maximum Gasteiger partial charge on any atom is 0.245 e. The van der Waals surface area contributed by atoms with Crippen LogP contribution in [-0.2, 0) is 14.4 Å². The molecule has 0 aliphatic rings. The summed E-state index contributed by atoms with van der Waals surface area (Å²) in [5.41, 5.74) is 0. The number of carbonyl (C=O) groups excluding carboxylic acids is 3. The summed E-state index contributed by atoms with van der Waals surface area (Å²) in [6, 6.07) is 0. The van der Waals surface area contributed by atoms with Crippen LogP contribution < -0.4 is 15.7 Å². The summed E-state index contributed by atoms with van der Waals surface area (Å²) in [5, 5.41) is 14.3. The highest BCUT2D eigenvalue weighted by molar-refractivity contribution is 5.94. The SMILES string of the molecule is C=CC(=O)NC(NC(=O)C=C)C(=O)[O-]. The first-order valence-corrected chi connectivity index (χ1v) is 3.58. The first-order chi connectivity index (χ1) is 6.51. The van der Waals surface area contributed by atoms with Crippen LogP contribution in [0.3, 0.4) is 0 Å². The summed E-state index contributed by atoms with van der Waals surface area (Å²) >= 11 is 0. The highest BCUT2D eigenvalue weighted by Gasteiger charge is 2.12. The van der Waals surface area contributed by atoms with Gasteiger partial charge in [0.25, 0.3) is 0 Å². The van der Waals surface area contributed by atoms with E-state index in [1.165, 1.54) is 0 Å². The summed E-state index contributed by atoms with van der Waals surface area (Å²) in [4.78, 5) is 31.8. The van der Waals surface area contributed by atoms with Gasteiger partial charge in [-0.3, -0.25) is 9.59 Å². The van der Waals surface area contributed by atoms with Gasteiger partial charge in [0.15, 0.2) is 0 Å². The number of carbonyl (C=O) groups is 3. The molecule has 0 saturated heterocycles. The monoisotopic (exact) mass is 197 g/mol. The van der Waals surface area contributed by atoms with Crippen LogP contribution in [0.25, 0.3) is 0 Å². The molecule has 0 unspecified atom stereocenters. The number of carboxylic acids is 1. The first kappa shape index (κ1) is 11.9. The molecule has 0 heterocycles. The Morgan fingerprint density at radius 2 is 1.43 bits per heavy atom. The summed E-state index contributed by atoms with van der Waals surface area (Å²) in [5.74, 6) is -3.09. The van der Waals surface area contributed by atoms with E-state index in [1.807, 2.05) is 10.6 Å². The van der Waals surface area contributed by atoms with Gasteiger partial charge in [-0.2, -0.15) is 0 Å². The molecule has 0 radical (unpaired) electrons. The van der Waals surface area contributed by atoms with Gasteiger partial charge in [0, 0.05) is 0 Å². The Bertz CT molecular complexity index is 263. The Morgan fingerprint density at radius 3 is 1.64 bits per heavy atom. The van der Waals surface area contributed by atoms with Crippen LogP contribution in [0, 0.1) is 0 Å². The number of aliphatic carboxylic acids is 1. The van der Waals surface area contributed by atoms with Crippen molar-refractivity contribution in [1.82, 2.24) is 10.6 Å². The van der Waals surface area contributed by atoms with Crippen molar-refractivity contribution in [2.24, 2.45) is 0 Å². The molecule has 14 heavy (non-hydrogen) atoms. The van der Waals surface area contributed by atoms with Gasteiger partial charge >= 0.3 is 0 Å². The lowest BCUT2D eigenvalue weighted by atomic mass is 10.4. The lowest BCUT2D eigenvalue weighted by Gasteiger charge is -2.19. The molecular weight excluding hydrogens is 188 g/mol. The van der Waals surface area contributed by atoms with Crippen molar-refractivity contribution < 1.29 is 19.5 Å². The number of rotatable bonds is 5. The predicted octanol–water partition coefficient (Wildman–Crippen LogP) is -2.33. The minimum absolute atomic E-state index is 0.733. The van der Waals surface area contributed by atoms with Gasteiger partial charge < -0.3 is 20.5 Å². The van der Waals surface area contributed by atoms with E-state index < -0.39 is 23.9 Å². The highest BCUT2D eigenvalue weighted by Crippen LogP contribution is 1.79. The molecule has 0 saturated carbocycles. The van der Waals surface area contributed by atoms with E-state index in [1.54, 1.807) is 0 Å². The largest absolute Gasteiger partial charge is 0.546 e. The molecule has 0 spiro atoms. The fraction of sp³-hybridized carbons (Fsp3) is 0.125. The normalized spacial score (nSPS) is 8.93. The number of hydrogen-bond donors (Lipinski definition) is 2. The molecule has 0 aromatic heterocycles. The average molecular weight is 197 g/mol. The zero-order valence-electron chi connectivity index (χ0n) is 7.28. The van der Waals surface area contributed by atoms with Crippen LogP contribution in [-0.4, -0.2) is 23.9 Å². The molecule has 0 atom stereocenters. The topological polar surface area (TPSA) is 98.3 Å². The standard InChI is InChI=1S/C8H10N2O4/c1-3-5(11)9-7(8(13)14)10-6(12)4-2/h3-4,7H,1-2H2,(H,9,11)(H,10,12)(H,13,14)/p-1. The Labute approximate surface area is 80.3 Å². The second-order valence-corrected chi connectivity index (χ2v) is 2.18. The third-order valence-corrected chi connectivity index (χ3v) is 1.18. The van der Waals surface area contributed by atoms with E-state index in [2.05, 4.69) is 13.2 Å². The van der Waals surface area contributed by atoms with Gasteiger partial charge in [0.2, 0.25) is 11.8 Å². The fourth-order valence-electron chi connectivity index (χ4n) is 0.556. The van der Waals surface area contributed by atoms with Crippen molar-refractivity contribution >= 4 is 17.8 Å². The van der Waals surface area contributed by atoms with Crippen molar-refractivity contribution in [3.8, 4) is 0 Å². The molecular formula is C8H9N2O4-. The molecule has 0 rings (SSSR count). The van der Waals surface area contributed by atoms with Gasteiger partial charge in [-0.05, 0) is 12.2 Å². The van der Waals surface area contributed by atoms with E-state index in [-0.39, 0.29) is 0 Å². The third kappa shape index (κ3) is 4.05. The molecule has 0 aliphatic carbocycles. The minimum Gasteiger partial charge on any atom is -0.546 e. The summed E-state index contributed by atoms with van der Waals surface area (Å²) in [6.07, 6.45) is 0.150. The Morgan fingerprint density at radius 1 is 1.07 bits per heavy atom. The lowest BCUT2D eigenvalue weighted by molar-refractivity contribution is -0.309.